The summed E-state index contributed by atoms with van der Waals surface area (Å²) in [5.41, 5.74) is 0. The maximum absolute atomic E-state index is 13.6. The fraction of sp³-hybridized carbons (Fsp3) is 0.455. The van der Waals surface area contributed by atoms with E-state index in [1.165, 1.54) is 0 Å². The zero-order valence-corrected chi connectivity index (χ0v) is 13.6. The van der Waals surface area contributed by atoms with Crippen molar-refractivity contribution in [2.75, 3.05) is 11.5 Å². The van der Waals surface area contributed by atoms with Crippen molar-refractivity contribution >= 4 is 37.7 Å². The number of hydrogen-bond donors (Lipinski definition) is 1. The first-order chi connectivity index (χ1) is 8.77. The predicted molar refractivity (Wildman–Crippen MR) is 76.8 cm³/mol. The summed E-state index contributed by atoms with van der Waals surface area (Å²) in [6.45, 7) is 3.65. The van der Waals surface area contributed by atoms with E-state index in [1.807, 2.05) is 6.92 Å². The average Bonchev–Trinajstić information content (AvgIpc) is 2.23. The van der Waals surface area contributed by atoms with Gasteiger partial charge in [0.1, 0.15) is 16.5 Å². The third-order valence-corrected chi connectivity index (χ3v) is 5.86. The first kappa shape index (κ1) is 16.9. The lowest BCUT2D eigenvalue weighted by Crippen LogP contribution is -2.35. The minimum atomic E-state index is -4.02. The molecule has 0 fully saturated rings. The molecule has 0 saturated carbocycles. The maximum atomic E-state index is 13.6. The molecule has 0 radical (unpaired) electrons. The molecular weight excluding hydrogens is 360 g/mol. The first-order valence-corrected chi connectivity index (χ1v) is 8.95. The summed E-state index contributed by atoms with van der Waals surface area (Å²) in [5, 5.41) is 0. The van der Waals surface area contributed by atoms with Gasteiger partial charge in [0.05, 0.1) is 0 Å². The van der Waals surface area contributed by atoms with Crippen molar-refractivity contribution < 1.29 is 17.2 Å². The first-order valence-electron chi connectivity index (χ1n) is 5.52. The summed E-state index contributed by atoms with van der Waals surface area (Å²) in [7, 11) is -4.02. The van der Waals surface area contributed by atoms with Crippen molar-refractivity contribution in [3.63, 3.8) is 0 Å². The fourth-order valence-electron chi connectivity index (χ4n) is 1.44. The van der Waals surface area contributed by atoms with Crippen molar-refractivity contribution in [2.45, 2.75) is 24.8 Å². The van der Waals surface area contributed by atoms with Crippen molar-refractivity contribution in [3.8, 4) is 0 Å². The second-order valence-electron chi connectivity index (χ2n) is 3.88. The third kappa shape index (κ3) is 4.70. The van der Waals surface area contributed by atoms with Gasteiger partial charge in [-0.2, -0.15) is 11.8 Å². The Bertz CT molecular complexity index is 529. The highest BCUT2D eigenvalue weighted by atomic mass is 79.9. The molecule has 0 saturated heterocycles. The Morgan fingerprint density at radius 2 is 2.05 bits per heavy atom. The number of hydrogen-bond acceptors (Lipinski definition) is 3. The van der Waals surface area contributed by atoms with Crippen molar-refractivity contribution in [2.24, 2.45) is 0 Å². The van der Waals surface area contributed by atoms with Crippen LogP contribution < -0.4 is 4.72 Å². The fourth-order valence-corrected chi connectivity index (χ4v) is 4.63. The second kappa shape index (κ2) is 7.01. The second-order valence-corrected chi connectivity index (χ2v) is 7.70. The van der Waals surface area contributed by atoms with Gasteiger partial charge in [-0.1, -0.05) is 6.92 Å². The van der Waals surface area contributed by atoms with Crippen LogP contribution in [0.15, 0.2) is 21.5 Å². The van der Waals surface area contributed by atoms with Gasteiger partial charge in [0.15, 0.2) is 0 Å². The van der Waals surface area contributed by atoms with E-state index in [2.05, 4.69) is 20.7 Å². The monoisotopic (exact) mass is 373 g/mol. The van der Waals surface area contributed by atoms with E-state index < -0.39 is 26.6 Å². The molecule has 0 heterocycles. The van der Waals surface area contributed by atoms with E-state index in [-0.39, 0.29) is 10.5 Å². The molecule has 1 unspecified atom stereocenters. The Labute approximate surface area is 124 Å². The van der Waals surface area contributed by atoms with Crippen LogP contribution in [0.5, 0.6) is 0 Å². The molecule has 1 N–H and O–H groups in total. The van der Waals surface area contributed by atoms with Gasteiger partial charge in [-0.3, -0.25) is 0 Å². The minimum absolute atomic E-state index is 0.132. The Balaban J connectivity index is 3.01. The molecule has 1 aromatic rings. The van der Waals surface area contributed by atoms with Crippen molar-refractivity contribution in [1.82, 2.24) is 4.72 Å². The quantitative estimate of drug-likeness (QED) is 0.832. The van der Waals surface area contributed by atoms with Crippen molar-refractivity contribution in [3.05, 3.63) is 28.2 Å². The van der Waals surface area contributed by atoms with E-state index >= 15 is 0 Å². The molecule has 0 aromatic heterocycles. The molecule has 19 heavy (non-hydrogen) atoms. The van der Waals surface area contributed by atoms with Gasteiger partial charge in [-0.15, -0.1) is 0 Å². The van der Waals surface area contributed by atoms with Crippen LogP contribution in [-0.4, -0.2) is 26.0 Å². The Morgan fingerprint density at radius 1 is 1.42 bits per heavy atom. The Hall–Kier alpha value is -0.180. The lowest BCUT2D eigenvalue weighted by molar-refractivity contribution is 0.536. The topological polar surface area (TPSA) is 46.2 Å². The Kier molecular flexibility index (Phi) is 6.22. The van der Waals surface area contributed by atoms with E-state index in [4.69, 9.17) is 0 Å². The summed E-state index contributed by atoms with van der Waals surface area (Å²) in [4.78, 5) is -0.567. The number of benzene rings is 1. The summed E-state index contributed by atoms with van der Waals surface area (Å²) in [5.74, 6) is -0.510. The molecule has 0 aliphatic rings. The summed E-state index contributed by atoms with van der Waals surface area (Å²) < 4.78 is 52.9. The van der Waals surface area contributed by atoms with Gasteiger partial charge in [-0.05, 0) is 34.7 Å². The summed E-state index contributed by atoms with van der Waals surface area (Å²) >= 11 is 4.44. The number of nitrogens with one attached hydrogen (secondary N) is 1. The summed E-state index contributed by atoms with van der Waals surface area (Å²) in [6, 6.07) is 1.12. The molecule has 3 nitrogen and oxygen atoms in total. The van der Waals surface area contributed by atoms with Crippen LogP contribution in [0.2, 0.25) is 0 Å². The number of halogens is 3. The molecular formula is C11H14BrF2NO2S2. The van der Waals surface area contributed by atoms with Crippen LogP contribution in [0.25, 0.3) is 0 Å². The van der Waals surface area contributed by atoms with Crippen molar-refractivity contribution in [1.29, 1.82) is 0 Å². The molecule has 8 heteroatoms. The van der Waals surface area contributed by atoms with Crippen LogP contribution in [0, 0.1) is 11.6 Å². The summed E-state index contributed by atoms with van der Waals surface area (Å²) in [6.07, 6.45) is 0. The molecule has 1 aromatic carbocycles. The number of thioether (sulfide) groups is 1. The van der Waals surface area contributed by atoms with Crippen LogP contribution in [0.1, 0.15) is 13.8 Å². The lowest BCUT2D eigenvalue weighted by atomic mass is 10.3. The van der Waals surface area contributed by atoms with Gasteiger partial charge >= 0.3 is 0 Å². The highest BCUT2D eigenvalue weighted by Crippen LogP contribution is 2.26. The smallest absolute Gasteiger partial charge is 0.207 e. The molecule has 0 aliphatic carbocycles. The van der Waals surface area contributed by atoms with Gasteiger partial charge in [0.25, 0.3) is 0 Å². The van der Waals surface area contributed by atoms with Gasteiger partial charge in [-0.25, -0.2) is 21.9 Å². The average molecular weight is 374 g/mol. The molecule has 108 valence electrons. The highest BCUT2D eigenvalue weighted by Gasteiger charge is 2.25. The Morgan fingerprint density at radius 3 is 2.58 bits per heavy atom. The SMILES string of the molecule is CCSCC(C)NS(=O)(=O)c1c(F)cc(F)cc1Br. The van der Waals surface area contributed by atoms with Crippen LogP contribution in [-0.2, 0) is 10.0 Å². The predicted octanol–water partition coefficient (Wildman–Crippen LogP) is 3.15. The minimum Gasteiger partial charge on any atom is -0.207 e. The zero-order chi connectivity index (χ0) is 14.6. The molecule has 0 aliphatic heterocycles. The van der Waals surface area contributed by atoms with Crippen LogP contribution in [0.3, 0.4) is 0 Å². The highest BCUT2D eigenvalue weighted by molar-refractivity contribution is 9.10. The molecule has 1 rings (SSSR count). The standard InChI is InChI=1S/C11H14BrF2NO2S2/c1-3-18-6-7(2)15-19(16,17)11-9(12)4-8(13)5-10(11)14/h4-5,7,15H,3,6H2,1-2H3. The third-order valence-electron chi connectivity index (χ3n) is 2.16. The maximum Gasteiger partial charge on any atom is 0.244 e. The van der Waals surface area contributed by atoms with Crippen LogP contribution >= 0.6 is 27.7 Å². The van der Waals surface area contributed by atoms with Crippen LogP contribution in [0.4, 0.5) is 8.78 Å². The lowest BCUT2D eigenvalue weighted by Gasteiger charge is -2.15. The van der Waals surface area contributed by atoms with Gasteiger partial charge in [0.2, 0.25) is 10.0 Å². The number of rotatable bonds is 6. The normalized spacial score (nSPS) is 13.5. The van der Waals surface area contributed by atoms with E-state index in [0.717, 1.165) is 11.8 Å². The molecule has 0 bridgehead atoms. The van der Waals surface area contributed by atoms with E-state index in [0.29, 0.717) is 11.8 Å². The van der Waals surface area contributed by atoms with E-state index in [1.54, 1.807) is 18.7 Å². The zero-order valence-electron chi connectivity index (χ0n) is 10.4. The molecule has 0 spiro atoms. The largest absolute Gasteiger partial charge is 0.244 e. The molecule has 0 amide bonds. The number of sulfonamides is 1. The van der Waals surface area contributed by atoms with E-state index in [9.17, 15) is 17.2 Å². The molecule has 1 atom stereocenters. The van der Waals surface area contributed by atoms with Gasteiger partial charge < -0.3 is 0 Å². The van der Waals surface area contributed by atoms with Gasteiger partial charge in [0, 0.05) is 22.3 Å².